The van der Waals surface area contributed by atoms with E-state index in [0.29, 0.717) is 12.6 Å². The van der Waals surface area contributed by atoms with Crippen LogP contribution in [0.1, 0.15) is 12.0 Å². The molecule has 0 aliphatic carbocycles. The Morgan fingerprint density at radius 3 is 2.73 bits per heavy atom. The molecule has 1 atom stereocenters. The van der Waals surface area contributed by atoms with Gasteiger partial charge in [0.25, 0.3) is 0 Å². The lowest BCUT2D eigenvalue weighted by Gasteiger charge is -2.12. The first kappa shape index (κ1) is 10.5. The van der Waals surface area contributed by atoms with Crippen LogP contribution in [0.15, 0.2) is 24.3 Å². The molecule has 0 bridgehead atoms. The topological polar surface area (TPSA) is 47.3 Å². The molecule has 0 spiro atoms. The summed E-state index contributed by atoms with van der Waals surface area (Å²) in [5.41, 5.74) is 7.97. The first-order valence-corrected chi connectivity index (χ1v) is 5.52. The molecule has 0 amide bonds. The normalized spacial score (nSPS) is 20.5. The molecule has 0 aromatic heterocycles. The van der Waals surface area contributed by atoms with Crippen LogP contribution in [0.25, 0.3) is 0 Å². The zero-order chi connectivity index (χ0) is 10.5. The van der Waals surface area contributed by atoms with E-state index < -0.39 is 0 Å². The van der Waals surface area contributed by atoms with Crippen LogP contribution in [0.5, 0.6) is 0 Å². The third kappa shape index (κ3) is 2.94. The van der Waals surface area contributed by atoms with E-state index in [1.807, 2.05) is 0 Å². The van der Waals surface area contributed by atoms with E-state index in [1.165, 1.54) is 11.3 Å². The maximum atomic E-state index is 5.50. The predicted molar refractivity (Wildman–Crippen MR) is 62.0 cm³/mol. The first-order valence-electron chi connectivity index (χ1n) is 5.52. The molecule has 1 aliphatic rings. The highest BCUT2D eigenvalue weighted by Gasteiger charge is 2.14. The zero-order valence-electron chi connectivity index (χ0n) is 8.91. The van der Waals surface area contributed by atoms with Crippen LogP contribution >= 0.6 is 0 Å². The highest BCUT2D eigenvalue weighted by molar-refractivity contribution is 5.45. The van der Waals surface area contributed by atoms with Crippen LogP contribution in [-0.4, -0.2) is 25.8 Å². The Kier molecular flexibility index (Phi) is 3.59. The van der Waals surface area contributed by atoms with Crippen LogP contribution in [0.3, 0.4) is 0 Å². The van der Waals surface area contributed by atoms with Crippen molar-refractivity contribution in [2.45, 2.75) is 18.9 Å². The highest BCUT2D eigenvalue weighted by Crippen LogP contribution is 2.14. The van der Waals surface area contributed by atoms with Crippen LogP contribution < -0.4 is 11.1 Å². The molecule has 1 unspecified atom stereocenters. The fourth-order valence-corrected chi connectivity index (χ4v) is 1.82. The van der Waals surface area contributed by atoms with Gasteiger partial charge in [-0.2, -0.15) is 0 Å². The smallest absolute Gasteiger partial charge is 0.0668 e. The second-order valence-electron chi connectivity index (χ2n) is 3.94. The van der Waals surface area contributed by atoms with Gasteiger partial charge in [0.1, 0.15) is 0 Å². The molecule has 82 valence electrons. The average molecular weight is 206 g/mol. The van der Waals surface area contributed by atoms with Gasteiger partial charge in [-0.1, -0.05) is 12.1 Å². The maximum Gasteiger partial charge on any atom is 0.0668 e. The molecular weight excluding hydrogens is 188 g/mol. The lowest BCUT2D eigenvalue weighted by molar-refractivity contribution is 0.195. The molecular formula is C12H18N2O. The van der Waals surface area contributed by atoms with Crippen molar-refractivity contribution >= 4 is 5.69 Å². The summed E-state index contributed by atoms with van der Waals surface area (Å²) in [6.45, 7) is 2.41. The number of nitrogens with one attached hydrogen (secondary N) is 1. The van der Waals surface area contributed by atoms with Crippen molar-refractivity contribution in [3.63, 3.8) is 0 Å². The third-order valence-electron chi connectivity index (χ3n) is 2.69. The van der Waals surface area contributed by atoms with Crippen molar-refractivity contribution < 1.29 is 4.74 Å². The molecule has 3 N–H and O–H groups in total. The summed E-state index contributed by atoms with van der Waals surface area (Å²) in [5.74, 6) is 0. The van der Waals surface area contributed by atoms with Crippen molar-refractivity contribution in [2.75, 3.05) is 25.1 Å². The summed E-state index contributed by atoms with van der Waals surface area (Å²) in [5, 5.41) is 3.45. The van der Waals surface area contributed by atoms with E-state index in [1.54, 1.807) is 0 Å². The number of anilines is 1. The van der Waals surface area contributed by atoms with Gasteiger partial charge < -0.3 is 15.8 Å². The summed E-state index contributed by atoms with van der Waals surface area (Å²) >= 11 is 0. The Labute approximate surface area is 90.6 Å². The number of rotatable bonds is 4. The van der Waals surface area contributed by atoms with E-state index in [0.717, 1.165) is 26.1 Å². The minimum atomic E-state index is 0.477. The highest BCUT2D eigenvalue weighted by atomic mass is 16.5. The van der Waals surface area contributed by atoms with Crippen molar-refractivity contribution in [2.24, 2.45) is 5.73 Å². The molecule has 1 aliphatic heterocycles. The Bertz CT molecular complexity index is 291. The van der Waals surface area contributed by atoms with Crippen LogP contribution in [0.4, 0.5) is 5.69 Å². The number of hydrogen-bond donors (Lipinski definition) is 2. The Morgan fingerprint density at radius 2 is 2.13 bits per heavy atom. The maximum absolute atomic E-state index is 5.50. The lowest BCUT2D eigenvalue weighted by atomic mass is 10.1. The quantitative estimate of drug-likeness (QED) is 0.782. The summed E-state index contributed by atoms with van der Waals surface area (Å²) in [6, 6.07) is 8.97. The monoisotopic (exact) mass is 206 g/mol. The van der Waals surface area contributed by atoms with E-state index in [-0.39, 0.29) is 0 Å². The molecule has 15 heavy (non-hydrogen) atoms. The fraction of sp³-hybridized carbons (Fsp3) is 0.500. The van der Waals surface area contributed by atoms with Crippen molar-refractivity contribution in [1.29, 1.82) is 0 Å². The Hall–Kier alpha value is -1.06. The van der Waals surface area contributed by atoms with Crippen molar-refractivity contribution in [3.05, 3.63) is 29.8 Å². The van der Waals surface area contributed by atoms with Crippen LogP contribution in [-0.2, 0) is 11.2 Å². The van der Waals surface area contributed by atoms with Gasteiger partial charge in [0.2, 0.25) is 0 Å². The predicted octanol–water partition coefficient (Wildman–Crippen LogP) is 1.39. The number of hydrogen-bond acceptors (Lipinski definition) is 3. The molecule has 0 saturated carbocycles. The summed E-state index contributed by atoms with van der Waals surface area (Å²) < 4.78 is 5.31. The van der Waals surface area contributed by atoms with Gasteiger partial charge in [-0.3, -0.25) is 0 Å². The van der Waals surface area contributed by atoms with Gasteiger partial charge >= 0.3 is 0 Å². The Balaban J connectivity index is 1.91. The lowest BCUT2D eigenvalue weighted by Crippen LogP contribution is -2.18. The Morgan fingerprint density at radius 1 is 1.33 bits per heavy atom. The molecule has 1 heterocycles. The van der Waals surface area contributed by atoms with Crippen LogP contribution in [0.2, 0.25) is 0 Å². The van der Waals surface area contributed by atoms with Gasteiger partial charge in [-0.15, -0.1) is 0 Å². The summed E-state index contributed by atoms with van der Waals surface area (Å²) in [6.07, 6.45) is 2.05. The number of ether oxygens (including phenoxy) is 1. The van der Waals surface area contributed by atoms with Gasteiger partial charge in [0.15, 0.2) is 0 Å². The van der Waals surface area contributed by atoms with Crippen molar-refractivity contribution in [1.82, 2.24) is 0 Å². The van der Waals surface area contributed by atoms with Gasteiger partial charge in [0.05, 0.1) is 12.6 Å². The van der Waals surface area contributed by atoms with E-state index in [4.69, 9.17) is 10.5 Å². The van der Waals surface area contributed by atoms with E-state index in [2.05, 4.69) is 29.6 Å². The average Bonchev–Trinajstić information content (AvgIpc) is 2.74. The molecule has 2 rings (SSSR count). The standard InChI is InChI=1S/C12H18N2O/c13-7-5-10-1-3-11(4-2-10)14-12-6-8-15-9-12/h1-4,12,14H,5-9,13H2. The fourth-order valence-electron chi connectivity index (χ4n) is 1.82. The second kappa shape index (κ2) is 5.14. The molecule has 3 nitrogen and oxygen atoms in total. The first-order chi connectivity index (χ1) is 7.38. The molecule has 1 saturated heterocycles. The van der Waals surface area contributed by atoms with Gasteiger partial charge in [-0.05, 0) is 37.1 Å². The number of nitrogens with two attached hydrogens (primary N) is 1. The number of benzene rings is 1. The minimum absolute atomic E-state index is 0.477. The van der Waals surface area contributed by atoms with E-state index in [9.17, 15) is 0 Å². The summed E-state index contributed by atoms with van der Waals surface area (Å²) in [4.78, 5) is 0. The zero-order valence-corrected chi connectivity index (χ0v) is 8.91. The largest absolute Gasteiger partial charge is 0.380 e. The summed E-state index contributed by atoms with van der Waals surface area (Å²) in [7, 11) is 0. The van der Waals surface area contributed by atoms with Gasteiger partial charge in [-0.25, -0.2) is 0 Å². The molecule has 3 heteroatoms. The van der Waals surface area contributed by atoms with E-state index >= 15 is 0 Å². The SMILES string of the molecule is NCCc1ccc(NC2CCOC2)cc1. The van der Waals surface area contributed by atoms with Gasteiger partial charge in [0, 0.05) is 12.3 Å². The molecule has 1 aromatic carbocycles. The molecule has 1 aromatic rings. The third-order valence-corrected chi connectivity index (χ3v) is 2.69. The molecule has 0 radical (unpaired) electrons. The van der Waals surface area contributed by atoms with Crippen LogP contribution in [0, 0.1) is 0 Å². The minimum Gasteiger partial charge on any atom is -0.380 e. The second-order valence-corrected chi connectivity index (χ2v) is 3.94. The van der Waals surface area contributed by atoms with Crippen molar-refractivity contribution in [3.8, 4) is 0 Å². The molecule has 1 fully saturated rings.